The fourth-order valence-electron chi connectivity index (χ4n) is 2.44. The van der Waals surface area contributed by atoms with Crippen molar-refractivity contribution in [1.29, 1.82) is 0 Å². The average molecular weight is 284 g/mol. The minimum Gasteiger partial charge on any atom is -0.492 e. The molecule has 1 aromatic carbocycles. The highest BCUT2D eigenvalue weighted by Gasteiger charge is 2.12. The maximum absolute atomic E-state index is 5.66. The number of aromatic nitrogens is 1. The number of nitrogens with one attached hydrogen (secondary N) is 1. The summed E-state index contributed by atoms with van der Waals surface area (Å²) in [4.78, 5) is 4.30. The van der Waals surface area contributed by atoms with Crippen LogP contribution in [0.2, 0.25) is 0 Å². The van der Waals surface area contributed by atoms with E-state index in [1.807, 2.05) is 13.2 Å². The summed E-state index contributed by atoms with van der Waals surface area (Å²) in [5.41, 5.74) is 2.57. The van der Waals surface area contributed by atoms with Crippen molar-refractivity contribution in [3.8, 4) is 5.75 Å². The SMILES string of the molecule is CCCOc1cncc(CC(CNC)c2ccccc2)c1. The Kier molecular flexibility index (Phi) is 6.22. The van der Waals surface area contributed by atoms with Crippen molar-refractivity contribution in [3.05, 3.63) is 59.9 Å². The van der Waals surface area contributed by atoms with Gasteiger partial charge in [0.1, 0.15) is 5.75 Å². The van der Waals surface area contributed by atoms with Gasteiger partial charge in [-0.25, -0.2) is 0 Å². The molecule has 0 saturated heterocycles. The number of rotatable bonds is 8. The lowest BCUT2D eigenvalue weighted by Gasteiger charge is -2.17. The quantitative estimate of drug-likeness (QED) is 0.806. The Morgan fingerprint density at radius 1 is 1.19 bits per heavy atom. The summed E-state index contributed by atoms with van der Waals surface area (Å²) in [5, 5.41) is 3.28. The zero-order valence-corrected chi connectivity index (χ0v) is 12.9. The van der Waals surface area contributed by atoms with E-state index in [0.29, 0.717) is 5.92 Å². The molecule has 112 valence electrons. The van der Waals surface area contributed by atoms with Crippen LogP contribution in [0, 0.1) is 0 Å². The van der Waals surface area contributed by atoms with E-state index in [9.17, 15) is 0 Å². The van der Waals surface area contributed by atoms with Gasteiger partial charge in [0.05, 0.1) is 12.8 Å². The summed E-state index contributed by atoms with van der Waals surface area (Å²) < 4.78 is 5.66. The zero-order chi connectivity index (χ0) is 14.9. The van der Waals surface area contributed by atoms with Crippen molar-refractivity contribution in [2.75, 3.05) is 20.2 Å². The van der Waals surface area contributed by atoms with Gasteiger partial charge in [0, 0.05) is 18.7 Å². The standard InChI is InChI=1S/C18H24N2O/c1-3-9-21-18-11-15(12-20-14-18)10-17(13-19-2)16-7-5-4-6-8-16/h4-8,11-12,14,17,19H,3,9-10,13H2,1-2H3. The van der Waals surface area contributed by atoms with Crippen LogP contribution in [0.3, 0.4) is 0 Å². The first-order valence-corrected chi connectivity index (χ1v) is 7.59. The van der Waals surface area contributed by atoms with Crippen molar-refractivity contribution >= 4 is 0 Å². The normalized spacial score (nSPS) is 12.1. The van der Waals surface area contributed by atoms with Crippen LogP contribution in [0.4, 0.5) is 0 Å². The molecule has 1 aromatic heterocycles. The van der Waals surface area contributed by atoms with Crippen molar-refractivity contribution in [3.63, 3.8) is 0 Å². The Labute approximate surface area is 127 Å². The average Bonchev–Trinajstić information content (AvgIpc) is 2.54. The van der Waals surface area contributed by atoms with Gasteiger partial charge in [0.2, 0.25) is 0 Å². The lowest BCUT2D eigenvalue weighted by molar-refractivity contribution is 0.316. The van der Waals surface area contributed by atoms with E-state index in [-0.39, 0.29) is 0 Å². The summed E-state index contributed by atoms with van der Waals surface area (Å²) in [6.45, 7) is 3.80. The number of likely N-dealkylation sites (N-methyl/N-ethyl adjacent to an activating group) is 1. The smallest absolute Gasteiger partial charge is 0.137 e. The molecule has 3 nitrogen and oxygen atoms in total. The molecule has 1 N–H and O–H groups in total. The third-order valence-corrected chi connectivity index (χ3v) is 3.45. The fraction of sp³-hybridized carbons (Fsp3) is 0.389. The van der Waals surface area contributed by atoms with E-state index in [1.54, 1.807) is 6.20 Å². The van der Waals surface area contributed by atoms with Crippen molar-refractivity contribution < 1.29 is 4.74 Å². The van der Waals surface area contributed by atoms with Crippen LogP contribution >= 0.6 is 0 Å². The third kappa shape index (κ3) is 4.87. The molecule has 0 spiro atoms. The molecule has 3 heteroatoms. The Morgan fingerprint density at radius 2 is 2.00 bits per heavy atom. The Morgan fingerprint density at radius 3 is 2.71 bits per heavy atom. The van der Waals surface area contributed by atoms with Crippen LogP contribution in [-0.4, -0.2) is 25.2 Å². The third-order valence-electron chi connectivity index (χ3n) is 3.45. The van der Waals surface area contributed by atoms with Crippen LogP contribution in [0.1, 0.15) is 30.4 Å². The number of hydrogen-bond donors (Lipinski definition) is 1. The van der Waals surface area contributed by atoms with Crippen LogP contribution in [0.25, 0.3) is 0 Å². The number of hydrogen-bond acceptors (Lipinski definition) is 3. The maximum Gasteiger partial charge on any atom is 0.137 e. The minimum absolute atomic E-state index is 0.444. The van der Waals surface area contributed by atoms with E-state index in [4.69, 9.17) is 4.74 Å². The fourth-order valence-corrected chi connectivity index (χ4v) is 2.44. The summed E-state index contributed by atoms with van der Waals surface area (Å²) >= 11 is 0. The first kappa shape index (κ1) is 15.5. The van der Waals surface area contributed by atoms with Gasteiger partial charge >= 0.3 is 0 Å². The molecule has 1 atom stereocenters. The molecule has 0 amide bonds. The lowest BCUT2D eigenvalue weighted by atomic mass is 9.92. The number of ether oxygens (including phenoxy) is 1. The summed E-state index contributed by atoms with van der Waals surface area (Å²) in [7, 11) is 2.00. The van der Waals surface area contributed by atoms with E-state index in [0.717, 1.165) is 31.7 Å². The second-order valence-corrected chi connectivity index (χ2v) is 5.25. The van der Waals surface area contributed by atoms with Gasteiger partial charge < -0.3 is 10.1 Å². The molecule has 2 rings (SSSR count). The molecule has 0 bridgehead atoms. The Bertz CT molecular complexity index is 528. The van der Waals surface area contributed by atoms with E-state index >= 15 is 0 Å². The molecular formula is C18H24N2O. The molecule has 0 fully saturated rings. The summed E-state index contributed by atoms with van der Waals surface area (Å²) in [5.74, 6) is 1.31. The minimum atomic E-state index is 0.444. The van der Waals surface area contributed by atoms with Gasteiger partial charge in [-0.05, 0) is 37.1 Å². The Balaban J connectivity index is 2.09. The van der Waals surface area contributed by atoms with Crippen LogP contribution < -0.4 is 10.1 Å². The number of benzene rings is 1. The summed E-state index contributed by atoms with van der Waals surface area (Å²) in [6.07, 6.45) is 5.69. The second-order valence-electron chi connectivity index (χ2n) is 5.25. The molecule has 1 heterocycles. The van der Waals surface area contributed by atoms with Crippen LogP contribution in [-0.2, 0) is 6.42 Å². The number of nitrogens with zero attached hydrogens (tertiary/aromatic N) is 1. The van der Waals surface area contributed by atoms with Gasteiger partial charge in [0.25, 0.3) is 0 Å². The molecule has 0 aliphatic carbocycles. The molecule has 0 aliphatic heterocycles. The van der Waals surface area contributed by atoms with Gasteiger partial charge in [-0.3, -0.25) is 4.98 Å². The predicted octanol–water partition coefficient (Wildman–Crippen LogP) is 3.42. The van der Waals surface area contributed by atoms with Gasteiger partial charge in [-0.15, -0.1) is 0 Å². The molecule has 21 heavy (non-hydrogen) atoms. The molecule has 2 aromatic rings. The van der Waals surface area contributed by atoms with Crippen molar-refractivity contribution in [1.82, 2.24) is 10.3 Å². The monoisotopic (exact) mass is 284 g/mol. The van der Waals surface area contributed by atoms with Gasteiger partial charge in [0.15, 0.2) is 0 Å². The maximum atomic E-state index is 5.66. The Hall–Kier alpha value is -1.87. The summed E-state index contributed by atoms with van der Waals surface area (Å²) in [6, 6.07) is 12.7. The highest BCUT2D eigenvalue weighted by atomic mass is 16.5. The van der Waals surface area contributed by atoms with Crippen molar-refractivity contribution in [2.45, 2.75) is 25.7 Å². The molecule has 0 aliphatic rings. The largest absolute Gasteiger partial charge is 0.492 e. The lowest BCUT2D eigenvalue weighted by Crippen LogP contribution is -2.19. The van der Waals surface area contributed by atoms with Crippen LogP contribution in [0.5, 0.6) is 5.75 Å². The predicted molar refractivity (Wildman–Crippen MR) is 86.8 cm³/mol. The molecule has 0 saturated carbocycles. The first-order valence-electron chi connectivity index (χ1n) is 7.59. The highest BCUT2D eigenvalue weighted by Crippen LogP contribution is 2.22. The van der Waals surface area contributed by atoms with E-state index < -0.39 is 0 Å². The van der Waals surface area contributed by atoms with Gasteiger partial charge in [-0.2, -0.15) is 0 Å². The topological polar surface area (TPSA) is 34.1 Å². The zero-order valence-electron chi connectivity index (χ0n) is 12.9. The molecule has 0 radical (unpaired) electrons. The molecular weight excluding hydrogens is 260 g/mol. The van der Waals surface area contributed by atoms with E-state index in [2.05, 4.69) is 53.6 Å². The highest BCUT2D eigenvalue weighted by molar-refractivity contribution is 5.27. The molecule has 1 unspecified atom stereocenters. The van der Waals surface area contributed by atoms with Crippen molar-refractivity contribution in [2.24, 2.45) is 0 Å². The second kappa shape index (κ2) is 8.42. The van der Waals surface area contributed by atoms with E-state index in [1.165, 1.54) is 11.1 Å². The van der Waals surface area contributed by atoms with Gasteiger partial charge in [-0.1, -0.05) is 37.3 Å². The number of pyridine rings is 1. The first-order chi connectivity index (χ1) is 10.3. The van der Waals surface area contributed by atoms with Crippen LogP contribution in [0.15, 0.2) is 48.8 Å².